The molecule has 3 heteroatoms. The summed E-state index contributed by atoms with van der Waals surface area (Å²) in [6.07, 6.45) is 0. The van der Waals surface area contributed by atoms with Crippen LogP contribution in [0.15, 0.2) is 24.3 Å². The van der Waals surface area contributed by atoms with Crippen LogP contribution in [0.1, 0.15) is 73.6 Å². The number of carbonyl (C=O) groups excluding carboxylic acids is 1. The van der Waals surface area contributed by atoms with Crippen LogP contribution in [0.2, 0.25) is 0 Å². The van der Waals surface area contributed by atoms with Crippen molar-refractivity contribution in [2.24, 2.45) is 0 Å². The maximum absolute atomic E-state index is 11.4. The van der Waals surface area contributed by atoms with Crippen LogP contribution >= 0.6 is 0 Å². The number of hydrogen-bond acceptors (Lipinski definition) is 3. The summed E-state index contributed by atoms with van der Waals surface area (Å²) in [5.41, 5.74) is 6.36. The summed E-state index contributed by atoms with van der Waals surface area (Å²) in [4.78, 5) is 11.4. The standard InChI is InChI=1S/C24H32O3/c1-14-10-19(11-15(2)21(14)24(8,9)26)23(6,7)20-12-16(3)22(17(4)13-20)27-18(5)25/h10-13,26H,1-9H3. The molecule has 0 aliphatic rings. The topological polar surface area (TPSA) is 46.5 Å². The Hall–Kier alpha value is -2.13. The monoisotopic (exact) mass is 368 g/mol. The normalized spacial score (nSPS) is 12.2. The Labute approximate surface area is 163 Å². The Morgan fingerprint density at radius 2 is 1.19 bits per heavy atom. The molecule has 0 radical (unpaired) electrons. The SMILES string of the molecule is CC(=O)Oc1c(C)cc(C(C)(C)c2cc(C)c(C(C)(C)O)c(C)c2)cc1C. The van der Waals surface area contributed by atoms with Gasteiger partial charge >= 0.3 is 5.97 Å². The Morgan fingerprint density at radius 1 is 0.815 bits per heavy atom. The summed E-state index contributed by atoms with van der Waals surface area (Å²) in [5, 5.41) is 10.5. The molecular weight excluding hydrogens is 336 g/mol. The number of esters is 1. The van der Waals surface area contributed by atoms with Crippen molar-refractivity contribution in [3.8, 4) is 5.75 Å². The zero-order valence-corrected chi connectivity index (χ0v) is 18.1. The van der Waals surface area contributed by atoms with Crippen LogP contribution in [0.4, 0.5) is 0 Å². The predicted molar refractivity (Wildman–Crippen MR) is 111 cm³/mol. The minimum atomic E-state index is -0.865. The molecular formula is C24H32O3. The minimum absolute atomic E-state index is 0.224. The third kappa shape index (κ3) is 4.24. The molecule has 0 heterocycles. The molecule has 1 N–H and O–H groups in total. The van der Waals surface area contributed by atoms with Gasteiger partial charge in [-0.05, 0) is 80.5 Å². The Morgan fingerprint density at radius 3 is 1.52 bits per heavy atom. The molecule has 0 bridgehead atoms. The summed E-state index contributed by atoms with van der Waals surface area (Å²) in [6, 6.07) is 8.54. The second-order valence-corrected chi connectivity index (χ2v) is 8.70. The van der Waals surface area contributed by atoms with Crippen molar-refractivity contribution in [2.45, 2.75) is 73.3 Å². The van der Waals surface area contributed by atoms with E-state index in [1.165, 1.54) is 18.1 Å². The number of aliphatic hydroxyl groups is 1. The maximum atomic E-state index is 11.4. The molecule has 0 saturated carbocycles. The van der Waals surface area contributed by atoms with Gasteiger partial charge in [-0.1, -0.05) is 38.1 Å². The van der Waals surface area contributed by atoms with Crippen molar-refractivity contribution in [1.82, 2.24) is 0 Å². The van der Waals surface area contributed by atoms with Crippen LogP contribution in [-0.2, 0) is 15.8 Å². The summed E-state index contributed by atoms with van der Waals surface area (Å²) in [6.45, 7) is 17.5. The van der Waals surface area contributed by atoms with E-state index in [9.17, 15) is 9.90 Å². The van der Waals surface area contributed by atoms with E-state index in [1.54, 1.807) is 0 Å². The average Bonchev–Trinajstić information content (AvgIpc) is 2.48. The number of ether oxygens (including phenoxy) is 1. The van der Waals surface area contributed by atoms with E-state index < -0.39 is 5.60 Å². The Balaban J connectivity index is 2.58. The second kappa shape index (κ2) is 7.12. The van der Waals surface area contributed by atoms with Crippen molar-refractivity contribution >= 4 is 5.97 Å². The number of benzene rings is 2. The number of hydrogen-bond donors (Lipinski definition) is 1. The van der Waals surface area contributed by atoms with Gasteiger partial charge in [-0.3, -0.25) is 4.79 Å². The van der Waals surface area contributed by atoms with Crippen LogP contribution in [0.3, 0.4) is 0 Å². The highest BCUT2D eigenvalue weighted by molar-refractivity contribution is 5.70. The van der Waals surface area contributed by atoms with E-state index in [0.29, 0.717) is 5.75 Å². The lowest BCUT2D eigenvalue weighted by Gasteiger charge is -2.31. The summed E-state index contributed by atoms with van der Waals surface area (Å²) in [7, 11) is 0. The molecule has 146 valence electrons. The first-order valence-corrected chi connectivity index (χ1v) is 9.40. The molecule has 2 aromatic rings. The van der Waals surface area contributed by atoms with Crippen LogP contribution in [-0.4, -0.2) is 11.1 Å². The molecule has 0 amide bonds. The third-order valence-corrected chi connectivity index (χ3v) is 5.29. The number of aryl methyl sites for hydroxylation is 4. The van der Waals surface area contributed by atoms with Crippen molar-refractivity contribution in [1.29, 1.82) is 0 Å². The van der Waals surface area contributed by atoms with E-state index >= 15 is 0 Å². The van der Waals surface area contributed by atoms with Gasteiger partial charge < -0.3 is 9.84 Å². The van der Waals surface area contributed by atoms with Gasteiger partial charge in [0.1, 0.15) is 5.75 Å². The van der Waals surface area contributed by atoms with Gasteiger partial charge in [0.15, 0.2) is 0 Å². The quantitative estimate of drug-likeness (QED) is 0.581. The average molecular weight is 369 g/mol. The first kappa shape index (κ1) is 21.2. The van der Waals surface area contributed by atoms with Crippen molar-refractivity contribution in [2.75, 3.05) is 0 Å². The molecule has 2 aromatic carbocycles. The van der Waals surface area contributed by atoms with E-state index in [4.69, 9.17) is 4.74 Å². The highest BCUT2D eigenvalue weighted by atomic mass is 16.5. The summed E-state index contributed by atoms with van der Waals surface area (Å²) < 4.78 is 5.37. The highest BCUT2D eigenvalue weighted by Crippen LogP contribution is 2.38. The molecule has 0 spiro atoms. The molecule has 0 unspecified atom stereocenters. The first-order chi connectivity index (χ1) is 12.2. The van der Waals surface area contributed by atoms with E-state index in [1.807, 2.05) is 27.7 Å². The zero-order valence-electron chi connectivity index (χ0n) is 18.1. The van der Waals surface area contributed by atoms with Gasteiger partial charge in [-0.2, -0.15) is 0 Å². The Kier molecular flexibility index (Phi) is 5.58. The molecule has 0 aliphatic carbocycles. The molecule has 27 heavy (non-hydrogen) atoms. The molecule has 2 rings (SSSR count). The molecule has 3 nitrogen and oxygen atoms in total. The van der Waals surface area contributed by atoms with Gasteiger partial charge in [0.25, 0.3) is 0 Å². The van der Waals surface area contributed by atoms with Gasteiger partial charge in [-0.15, -0.1) is 0 Å². The van der Waals surface area contributed by atoms with E-state index in [2.05, 4.69) is 52.0 Å². The summed E-state index contributed by atoms with van der Waals surface area (Å²) >= 11 is 0. The van der Waals surface area contributed by atoms with Crippen molar-refractivity contribution < 1.29 is 14.6 Å². The molecule has 0 aromatic heterocycles. The maximum Gasteiger partial charge on any atom is 0.308 e. The van der Waals surface area contributed by atoms with Crippen LogP contribution in [0.25, 0.3) is 0 Å². The lowest BCUT2D eigenvalue weighted by atomic mass is 9.74. The van der Waals surface area contributed by atoms with Gasteiger partial charge in [0.2, 0.25) is 0 Å². The molecule has 0 atom stereocenters. The highest BCUT2D eigenvalue weighted by Gasteiger charge is 2.28. The fourth-order valence-electron chi connectivity index (χ4n) is 4.07. The Bertz CT molecular complexity index is 837. The van der Waals surface area contributed by atoms with Crippen molar-refractivity contribution in [3.63, 3.8) is 0 Å². The van der Waals surface area contributed by atoms with Gasteiger partial charge in [0, 0.05) is 12.3 Å². The fraction of sp³-hybridized carbons (Fsp3) is 0.458. The second-order valence-electron chi connectivity index (χ2n) is 8.70. The molecule has 0 saturated heterocycles. The van der Waals surface area contributed by atoms with E-state index in [-0.39, 0.29) is 11.4 Å². The molecule has 0 aliphatic heterocycles. The first-order valence-electron chi connectivity index (χ1n) is 9.40. The largest absolute Gasteiger partial charge is 0.426 e. The number of carbonyl (C=O) groups is 1. The van der Waals surface area contributed by atoms with Gasteiger partial charge in [-0.25, -0.2) is 0 Å². The zero-order chi connectivity index (χ0) is 20.7. The molecule has 0 fully saturated rings. The van der Waals surface area contributed by atoms with Crippen LogP contribution in [0.5, 0.6) is 5.75 Å². The lowest BCUT2D eigenvalue weighted by molar-refractivity contribution is -0.131. The van der Waals surface area contributed by atoms with Crippen LogP contribution in [0, 0.1) is 27.7 Å². The lowest BCUT2D eigenvalue weighted by Crippen LogP contribution is -2.23. The summed E-state index contributed by atoms with van der Waals surface area (Å²) in [5.74, 6) is 0.341. The minimum Gasteiger partial charge on any atom is -0.426 e. The van der Waals surface area contributed by atoms with E-state index in [0.717, 1.165) is 27.8 Å². The van der Waals surface area contributed by atoms with Crippen molar-refractivity contribution in [3.05, 3.63) is 63.2 Å². The number of rotatable bonds is 4. The van der Waals surface area contributed by atoms with Crippen LogP contribution < -0.4 is 4.74 Å². The smallest absolute Gasteiger partial charge is 0.308 e. The third-order valence-electron chi connectivity index (χ3n) is 5.29. The predicted octanol–water partition coefficient (Wildman–Crippen LogP) is 5.40. The van der Waals surface area contributed by atoms with Gasteiger partial charge in [0.05, 0.1) is 5.60 Å². The fourth-order valence-corrected chi connectivity index (χ4v) is 4.07.